The van der Waals surface area contributed by atoms with Crippen LogP contribution in [-0.4, -0.2) is 45.9 Å². The van der Waals surface area contributed by atoms with Gasteiger partial charge in [-0.05, 0) is 24.3 Å². The molecule has 2 N–H and O–H groups in total. The molecule has 0 heterocycles. The molecule has 0 bridgehead atoms. The minimum Gasteiger partial charge on any atom is -0.382 e. The summed E-state index contributed by atoms with van der Waals surface area (Å²) in [6, 6.07) is 5.63. The van der Waals surface area contributed by atoms with E-state index in [1.54, 1.807) is 7.11 Å². The van der Waals surface area contributed by atoms with E-state index in [9.17, 15) is 9.18 Å². The first-order valence-electron chi connectivity index (χ1n) is 6.05. The predicted octanol–water partition coefficient (Wildman–Crippen LogP) is 1.02. The maximum atomic E-state index is 12.7. The lowest BCUT2D eigenvalue weighted by Gasteiger charge is -2.07. The molecule has 5 nitrogen and oxygen atoms in total. The number of hydrogen-bond donors (Lipinski definition) is 2. The van der Waals surface area contributed by atoms with Crippen LogP contribution in [0.5, 0.6) is 0 Å². The number of halogens is 1. The SMILES string of the molecule is COCCOCCNCC(=O)Nc1ccc(F)cc1. The van der Waals surface area contributed by atoms with Gasteiger partial charge in [0.25, 0.3) is 0 Å². The first-order chi connectivity index (χ1) is 9.22. The van der Waals surface area contributed by atoms with Gasteiger partial charge in [0, 0.05) is 19.3 Å². The van der Waals surface area contributed by atoms with Crippen LogP contribution in [0, 0.1) is 5.82 Å². The van der Waals surface area contributed by atoms with Gasteiger partial charge in [-0.25, -0.2) is 4.39 Å². The van der Waals surface area contributed by atoms with E-state index < -0.39 is 0 Å². The molecule has 19 heavy (non-hydrogen) atoms. The molecule has 0 aromatic heterocycles. The van der Waals surface area contributed by atoms with Crippen molar-refractivity contribution in [2.45, 2.75) is 0 Å². The Labute approximate surface area is 112 Å². The molecule has 0 saturated carbocycles. The quantitative estimate of drug-likeness (QED) is 0.658. The Morgan fingerprint density at radius 2 is 1.95 bits per heavy atom. The van der Waals surface area contributed by atoms with E-state index in [0.717, 1.165) is 0 Å². The summed E-state index contributed by atoms with van der Waals surface area (Å²) in [6.45, 7) is 2.39. The van der Waals surface area contributed by atoms with Crippen LogP contribution in [0.1, 0.15) is 0 Å². The normalized spacial score (nSPS) is 10.4. The number of ether oxygens (including phenoxy) is 2. The molecule has 6 heteroatoms. The van der Waals surface area contributed by atoms with Crippen molar-refractivity contribution in [3.63, 3.8) is 0 Å². The number of anilines is 1. The zero-order valence-corrected chi connectivity index (χ0v) is 10.9. The summed E-state index contributed by atoms with van der Waals surface area (Å²) < 4.78 is 22.7. The van der Waals surface area contributed by atoms with Crippen LogP contribution in [-0.2, 0) is 14.3 Å². The lowest BCUT2D eigenvalue weighted by Crippen LogP contribution is -2.30. The van der Waals surface area contributed by atoms with Crippen molar-refractivity contribution in [3.05, 3.63) is 30.1 Å². The van der Waals surface area contributed by atoms with Gasteiger partial charge in [0.05, 0.1) is 26.4 Å². The van der Waals surface area contributed by atoms with Gasteiger partial charge in [-0.1, -0.05) is 0 Å². The Hall–Kier alpha value is -1.50. The van der Waals surface area contributed by atoms with Crippen LogP contribution in [0.2, 0.25) is 0 Å². The summed E-state index contributed by atoms with van der Waals surface area (Å²) in [5.74, 6) is -0.507. The molecule has 0 atom stereocenters. The Morgan fingerprint density at radius 3 is 2.63 bits per heavy atom. The van der Waals surface area contributed by atoms with Crippen LogP contribution in [0.3, 0.4) is 0 Å². The zero-order valence-electron chi connectivity index (χ0n) is 10.9. The number of rotatable bonds is 9. The number of methoxy groups -OCH3 is 1. The molecule has 1 rings (SSSR count). The maximum absolute atomic E-state index is 12.7. The molecular weight excluding hydrogens is 251 g/mol. The minimum absolute atomic E-state index is 0.177. The van der Waals surface area contributed by atoms with Crippen molar-refractivity contribution in [1.29, 1.82) is 0 Å². The molecule has 0 saturated heterocycles. The van der Waals surface area contributed by atoms with Gasteiger partial charge in [-0.3, -0.25) is 4.79 Å². The van der Waals surface area contributed by atoms with Crippen molar-refractivity contribution in [3.8, 4) is 0 Å². The van der Waals surface area contributed by atoms with Crippen molar-refractivity contribution < 1.29 is 18.7 Å². The Morgan fingerprint density at radius 1 is 1.21 bits per heavy atom. The number of carbonyl (C=O) groups excluding carboxylic acids is 1. The van der Waals surface area contributed by atoms with E-state index in [1.165, 1.54) is 24.3 Å². The van der Waals surface area contributed by atoms with Crippen LogP contribution in [0.25, 0.3) is 0 Å². The highest BCUT2D eigenvalue weighted by atomic mass is 19.1. The average Bonchev–Trinajstić information content (AvgIpc) is 2.40. The molecular formula is C13H19FN2O3. The van der Waals surface area contributed by atoms with Gasteiger partial charge in [0.15, 0.2) is 0 Å². The molecule has 0 unspecified atom stereocenters. The fourth-order valence-electron chi connectivity index (χ4n) is 1.33. The topological polar surface area (TPSA) is 59.6 Å². The number of nitrogens with one attached hydrogen (secondary N) is 2. The summed E-state index contributed by atoms with van der Waals surface area (Å²) in [5, 5.41) is 5.59. The van der Waals surface area contributed by atoms with Gasteiger partial charge in [-0.2, -0.15) is 0 Å². The Kier molecular flexibility index (Phi) is 7.72. The molecule has 0 aliphatic heterocycles. The summed E-state index contributed by atoms with van der Waals surface area (Å²) in [7, 11) is 1.61. The van der Waals surface area contributed by atoms with E-state index in [0.29, 0.717) is 32.1 Å². The van der Waals surface area contributed by atoms with Crippen LogP contribution in [0.15, 0.2) is 24.3 Å². The third-order valence-electron chi connectivity index (χ3n) is 2.27. The smallest absolute Gasteiger partial charge is 0.238 e. The molecule has 0 radical (unpaired) electrons. The van der Waals surface area contributed by atoms with Gasteiger partial charge >= 0.3 is 0 Å². The number of amides is 1. The average molecular weight is 270 g/mol. The molecule has 0 aliphatic rings. The van der Waals surface area contributed by atoms with Crippen molar-refractivity contribution in [2.24, 2.45) is 0 Å². The lowest BCUT2D eigenvalue weighted by molar-refractivity contribution is -0.115. The van der Waals surface area contributed by atoms with Crippen LogP contribution >= 0.6 is 0 Å². The Balaban J connectivity index is 2.06. The fourth-order valence-corrected chi connectivity index (χ4v) is 1.33. The highest BCUT2D eigenvalue weighted by Crippen LogP contribution is 2.07. The number of hydrogen-bond acceptors (Lipinski definition) is 4. The zero-order chi connectivity index (χ0) is 13.9. The van der Waals surface area contributed by atoms with Crippen molar-refractivity contribution >= 4 is 11.6 Å². The highest BCUT2D eigenvalue weighted by Gasteiger charge is 2.01. The fraction of sp³-hybridized carbons (Fsp3) is 0.462. The summed E-state index contributed by atoms with van der Waals surface area (Å²) in [6.07, 6.45) is 0. The maximum Gasteiger partial charge on any atom is 0.238 e. The van der Waals surface area contributed by atoms with Gasteiger partial charge in [-0.15, -0.1) is 0 Å². The molecule has 0 spiro atoms. The predicted molar refractivity (Wildman–Crippen MR) is 70.6 cm³/mol. The second kappa shape index (κ2) is 9.43. The standard InChI is InChI=1S/C13H19FN2O3/c1-18-8-9-19-7-6-15-10-13(17)16-12-4-2-11(14)3-5-12/h2-5,15H,6-10H2,1H3,(H,16,17). The second-order valence-electron chi connectivity index (χ2n) is 3.84. The van der Waals surface area contributed by atoms with Crippen LogP contribution < -0.4 is 10.6 Å². The lowest BCUT2D eigenvalue weighted by atomic mass is 10.3. The van der Waals surface area contributed by atoms with E-state index in [4.69, 9.17) is 9.47 Å². The third-order valence-corrected chi connectivity index (χ3v) is 2.27. The van der Waals surface area contributed by atoms with Crippen LogP contribution in [0.4, 0.5) is 10.1 Å². The molecule has 0 aliphatic carbocycles. The third kappa shape index (κ3) is 7.50. The number of carbonyl (C=O) groups is 1. The van der Waals surface area contributed by atoms with E-state index in [2.05, 4.69) is 10.6 Å². The molecule has 0 fully saturated rings. The molecule has 1 aromatic rings. The minimum atomic E-state index is -0.329. The summed E-state index contributed by atoms with van der Waals surface area (Å²) >= 11 is 0. The first kappa shape index (κ1) is 15.6. The monoisotopic (exact) mass is 270 g/mol. The van der Waals surface area contributed by atoms with Crippen molar-refractivity contribution in [2.75, 3.05) is 45.3 Å². The molecule has 1 aromatic carbocycles. The number of benzene rings is 1. The second-order valence-corrected chi connectivity index (χ2v) is 3.84. The van der Waals surface area contributed by atoms with E-state index in [-0.39, 0.29) is 18.3 Å². The van der Waals surface area contributed by atoms with Gasteiger partial charge < -0.3 is 20.1 Å². The first-order valence-corrected chi connectivity index (χ1v) is 6.05. The van der Waals surface area contributed by atoms with E-state index >= 15 is 0 Å². The highest BCUT2D eigenvalue weighted by molar-refractivity contribution is 5.92. The molecule has 1 amide bonds. The van der Waals surface area contributed by atoms with E-state index in [1.807, 2.05) is 0 Å². The van der Waals surface area contributed by atoms with Crippen molar-refractivity contribution in [1.82, 2.24) is 5.32 Å². The summed E-state index contributed by atoms with van der Waals surface area (Å²) in [4.78, 5) is 11.5. The molecule has 106 valence electrons. The Bertz CT molecular complexity index is 371. The largest absolute Gasteiger partial charge is 0.382 e. The summed E-state index contributed by atoms with van der Waals surface area (Å²) in [5.41, 5.74) is 0.574. The van der Waals surface area contributed by atoms with Gasteiger partial charge in [0.1, 0.15) is 5.82 Å². The van der Waals surface area contributed by atoms with Gasteiger partial charge in [0.2, 0.25) is 5.91 Å².